The van der Waals surface area contributed by atoms with Crippen LogP contribution < -0.4 is 5.32 Å². The first-order valence-corrected chi connectivity index (χ1v) is 37.2. The maximum Gasteiger partial charge on any atom is 0.305 e. The number of ether oxygens (including phenoxy) is 1. The number of rotatable bonds is 70. The lowest BCUT2D eigenvalue weighted by atomic mass is 10.0. The van der Waals surface area contributed by atoms with Crippen molar-refractivity contribution in [2.24, 2.45) is 0 Å². The lowest BCUT2D eigenvalue weighted by molar-refractivity contribution is -0.143. The number of unbranched alkanes of at least 4 members (excludes halogenated alkanes) is 53. The molecule has 0 heterocycles. The maximum atomic E-state index is 12.5. The van der Waals surface area contributed by atoms with Crippen LogP contribution in [0.15, 0.2) is 36.5 Å². The number of hydrogen-bond donors (Lipinski definition) is 3. The van der Waals surface area contributed by atoms with Crippen LogP contribution in [-0.2, 0) is 14.3 Å². The van der Waals surface area contributed by atoms with Crippen molar-refractivity contribution in [3.63, 3.8) is 0 Å². The minimum absolute atomic E-state index is 0.00708. The van der Waals surface area contributed by atoms with Gasteiger partial charge in [0.2, 0.25) is 5.91 Å². The fourth-order valence-corrected chi connectivity index (χ4v) is 11.7. The van der Waals surface area contributed by atoms with Gasteiger partial charge in [-0.2, -0.15) is 0 Å². The zero-order valence-electron chi connectivity index (χ0n) is 55.5. The van der Waals surface area contributed by atoms with Crippen molar-refractivity contribution in [3.8, 4) is 0 Å². The van der Waals surface area contributed by atoms with Crippen LogP contribution in [0.25, 0.3) is 0 Å². The largest absolute Gasteiger partial charge is 0.466 e. The van der Waals surface area contributed by atoms with E-state index in [1.54, 1.807) is 0 Å². The number of hydrogen-bond acceptors (Lipinski definition) is 5. The Balaban J connectivity index is 3.32. The molecular weight excluding hydrogens is 1010 g/mol. The number of carbonyl (C=O) groups excluding carboxylic acids is 2. The predicted octanol–water partition coefficient (Wildman–Crippen LogP) is 24.3. The Hall–Kier alpha value is -1.92. The molecule has 0 fully saturated rings. The average Bonchev–Trinajstić information content (AvgIpc) is 3.48. The first-order chi connectivity index (χ1) is 40.5. The fraction of sp³-hybridized carbons (Fsp3) is 0.895. The zero-order valence-corrected chi connectivity index (χ0v) is 55.5. The number of aliphatic hydroxyl groups excluding tert-OH is 2. The van der Waals surface area contributed by atoms with Crippen molar-refractivity contribution in [2.45, 2.75) is 424 Å². The molecule has 3 N–H and O–H groups in total. The van der Waals surface area contributed by atoms with Gasteiger partial charge in [0, 0.05) is 12.8 Å². The molecule has 82 heavy (non-hydrogen) atoms. The second-order valence-electron chi connectivity index (χ2n) is 25.6. The Bertz CT molecular complexity index is 1330. The molecule has 0 saturated heterocycles. The smallest absolute Gasteiger partial charge is 0.305 e. The SMILES string of the molecule is CCCC/C=C\C/C=C\CCCCCCCC(=O)OCCCCCCCCCCCCCCCCCC/C=C\CCCCCCCCCCCCCCCCCCCC(=O)NC(CO)C(O)CCCCCCCCCCCCCCCC. The molecule has 0 rings (SSSR count). The Morgan fingerprint density at radius 3 is 0.976 bits per heavy atom. The van der Waals surface area contributed by atoms with E-state index in [1.165, 1.54) is 327 Å². The summed E-state index contributed by atoms with van der Waals surface area (Å²) >= 11 is 0. The van der Waals surface area contributed by atoms with Gasteiger partial charge in [-0.15, -0.1) is 0 Å². The Labute approximate surface area is 513 Å². The van der Waals surface area contributed by atoms with Crippen molar-refractivity contribution in [2.75, 3.05) is 13.2 Å². The molecule has 6 heteroatoms. The third kappa shape index (κ3) is 67.2. The summed E-state index contributed by atoms with van der Waals surface area (Å²) in [6, 6.07) is -0.538. The number of esters is 1. The molecular formula is C76H145NO5. The van der Waals surface area contributed by atoms with Crippen molar-refractivity contribution in [3.05, 3.63) is 36.5 Å². The second-order valence-corrected chi connectivity index (χ2v) is 25.6. The Morgan fingerprint density at radius 2 is 0.622 bits per heavy atom. The van der Waals surface area contributed by atoms with Crippen molar-refractivity contribution >= 4 is 11.9 Å². The lowest BCUT2D eigenvalue weighted by Crippen LogP contribution is -2.45. The van der Waals surface area contributed by atoms with Gasteiger partial charge in [-0.1, -0.05) is 359 Å². The van der Waals surface area contributed by atoms with E-state index in [4.69, 9.17) is 4.74 Å². The standard InChI is InChI=1S/C76H145NO5/c1-3-5-7-9-11-13-15-17-44-48-52-56-60-64-68-74(79)73(72-78)77-75(80)69-65-61-57-53-49-45-42-40-38-36-34-32-30-28-26-24-22-20-19-21-23-25-27-29-31-33-35-37-39-41-43-47-51-55-59-63-67-71-82-76(81)70-66-62-58-54-50-46-18-16-14-12-10-8-6-4-2/h10,12,16,18-19,21,73-74,78-79H,3-9,11,13-15,17,20,22-72H2,1-2H3,(H,77,80)/b12-10-,18-16-,21-19-. The molecule has 0 aromatic carbocycles. The molecule has 0 aliphatic heterocycles. The van der Waals surface area contributed by atoms with Gasteiger partial charge in [0.25, 0.3) is 0 Å². The van der Waals surface area contributed by atoms with Crippen LogP contribution in [-0.4, -0.2) is 47.4 Å². The van der Waals surface area contributed by atoms with Gasteiger partial charge in [0.05, 0.1) is 25.4 Å². The number of nitrogens with one attached hydrogen (secondary N) is 1. The number of amides is 1. The van der Waals surface area contributed by atoms with E-state index < -0.39 is 12.1 Å². The summed E-state index contributed by atoms with van der Waals surface area (Å²) in [4.78, 5) is 24.6. The van der Waals surface area contributed by atoms with E-state index in [1.807, 2.05) is 0 Å². The molecule has 0 aliphatic carbocycles. The topological polar surface area (TPSA) is 95.9 Å². The summed E-state index contributed by atoms with van der Waals surface area (Å²) in [5, 5.41) is 23.3. The van der Waals surface area contributed by atoms with Crippen LogP contribution in [0.2, 0.25) is 0 Å². The molecule has 0 aromatic rings. The zero-order chi connectivity index (χ0) is 59.2. The first-order valence-electron chi connectivity index (χ1n) is 37.2. The highest BCUT2D eigenvalue weighted by molar-refractivity contribution is 5.76. The van der Waals surface area contributed by atoms with Gasteiger partial charge in [-0.25, -0.2) is 0 Å². The fourth-order valence-electron chi connectivity index (χ4n) is 11.7. The molecule has 2 atom stereocenters. The summed E-state index contributed by atoms with van der Waals surface area (Å²) < 4.78 is 5.49. The molecule has 484 valence electrons. The number of carbonyl (C=O) groups is 2. The molecule has 2 unspecified atom stereocenters. The van der Waals surface area contributed by atoms with Crippen LogP contribution >= 0.6 is 0 Å². The van der Waals surface area contributed by atoms with Crippen molar-refractivity contribution < 1.29 is 24.5 Å². The van der Waals surface area contributed by atoms with Gasteiger partial charge in [0.1, 0.15) is 0 Å². The Morgan fingerprint density at radius 1 is 0.341 bits per heavy atom. The normalized spacial score (nSPS) is 12.7. The highest BCUT2D eigenvalue weighted by Gasteiger charge is 2.20. The highest BCUT2D eigenvalue weighted by Crippen LogP contribution is 2.19. The number of allylic oxidation sites excluding steroid dienone is 6. The van der Waals surface area contributed by atoms with Gasteiger partial charge in [-0.05, 0) is 77.0 Å². The molecule has 0 spiro atoms. The Kier molecular flexibility index (Phi) is 69.9. The quantitative estimate of drug-likeness (QED) is 0.0320. The molecule has 0 bridgehead atoms. The average molecular weight is 1150 g/mol. The van der Waals surface area contributed by atoms with Gasteiger partial charge in [-0.3, -0.25) is 9.59 Å². The second kappa shape index (κ2) is 71.6. The third-order valence-corrected chi connectivity index (χ3v) is 17.4. The minimum Gasteiger partial charge on any atom is -0.466 e. The van der Waals surface area contributed by atoms with E-state index in [-0.39, 0.29) is 18.5 Å². The van der Waals surface area contributed by atoms with Crippen molar-refractivity contribution in [1.82, 2.24) is 5.32 Å². The van der Waals surface area contributed by atoms with Gasteiger partial charge < -0.3 is 20.3 Å². The van der Waals surface area contributed by atoms with Gasteiger partial charge >= 0.3 is 5.97 Å². The lowest BCUT2D eigenvalue weighted by Gasteiger charge is -2.22. The monoisotopic (exact) mass is 1150 g/mol. The summed E-state index contributed by atoms with van der Waals surface area (Å²) in [7, 11) is 0. The van der Waals surface area contributed by atoms with Crippen LogP contribution in [0.5, 0.6) is 0 Å². The van der Waals surface area contributed by atoms with Crippen molar-refractivity contribution in [1.29, 1.82) is 0 Å². The van der Waals surface area contributed by atoms with E-state index >= 15 is 0 Å². The minimum atomic E-state index is -0.661. The van der Waals surface area contributed by atoms with Crippen LogP contribution in [0.1, 0.15) is 412 Å². The van der Waals surface area contributed by atoms with Gasteiger partial charge in [0.15, 0.2) is 0 Å². The summed E-state index contributed by atoms with van der Waals surface area (Å²) in [6.07, 6.45) is 92.3. The molecule has 0 aliphatic rings. The highest BCUT2D eigenvalue weighted by atomic mass is 16.5. The third-order valence-electron chi connectivity index (χ3n) is 17.4. The van der Waals surface area contributed by atoms with E-state index in [9.17, 15) is 19.8 Å². The van der Waals surface area contributed by atoms with Crippen LogP contribution in [0.4, 0.5) is 0 Å². The molecule has 0 aromatic heterocycles. The first kappa shape index (κ1) is 80.1. The maximum absolute atomic E-state index is 12.5. The van der Waals surface area contributed by atoms with E-state index in [0.717, 1.165) is 51.4 Å². The molecule has 0 saturated carbocycles. The summed E-state index contributed by atoms with van der Waals surface area (Å²) in [5.74, 6) is -0.0214. The molecule has 6 nitrogen and oxygen atoms in total. The predicted molar refractivity (Wildman–Crippen MR) is 361 cm³/mol. The molecule has 1 amide bonds. The van der Waals surface area contributed by atoms with E-state index in [0.29, 0.717) is 25.9 Å². The van der Waals surface area contributed by atoms with E-state index in [2.05, 4.69) is 55.6 Å². The van der Waals surface area contributed by atoms with Crippen LogP contribution in [0.3, 0.4) is 0 Å². The van der Waals surface area contributed by atoms with Crippen LogP contribution in [0, 0.1) is 0 Å². The number of aliphatic hydroxyl groups is 2. The summed E-state index contributed by atoms with van der Waals surface area (Å²) in [5.41, 5.74) is 0. The molecule has 0 radical (unpaired) electrons. The summed E-state index contributed by atoms with van der Waals surface area (Å²) in [6.45, 7) is 4.94.